The molecule has 1 aliphatic heterocycles. The number of nitrogens with zero attached hydrogens (tertiary/aromatic N) is 2. The van der Waals surface area contributed by atoms with Crippen LogP contribution >= 0.6 is 12.2 Å². The third-order valence-corrected chi connectivity index (χ3v) is 3.54. The maximum absolute atomic E-state index is 9.56. The number of benzene rings is 1. The minimum atomic E-state index is -0.286. The van der Waals surface area contributed by atoms with Crippen LogP contribution in [0.4, 0.5) is 0 Å². The number of rotatable bonds is 1. The second-order valence-electron chi connectivity index (χ2n) is 5.92. The number of thiocarbonyl (C=S) groups is 1. The van der Waals surface area contributed by atoms with E-state index in [1.54, 1.807) is 12.1 Å². The fourth-order valence-electron chi connectivity index (χ4n) is 2.28. The average molecular weight is 296 g/mol. The Bertz CT molecular complexity index is 681. The number of nitriles is 2. The van der Waals surface area contributed by atoms with Crippen LogP contribution in [0.3, 0.4) is 0 Å². The SMILES string of the molecule is CC(C)(C)C1=C(C#N)[C@@H](c2ccc(C#N)cc2)NC(=S)N1. The van der Waals surface area contributed by atoms with Crippen molar-refractivity contribution in [2.24, 2.45) is 5.41 Å². The Hall–Kier alpha value is -2.37. The maximum Gasteiger partial charge on any atom is 0.171 e. The van der Waals surface area contributed by atoms with Crippen LogP contribution in [0.15, 0.2) is 35.5 Å². The van der Waals surface area contributed by atoms with Gasteiger partial charge >= 0.3 is 0 Å². The molecule has 1 aliphatic rings. The third-order valence-electron chi connectivity index (χ3n) is 3.32. The summed E-state index contributed by atoms with van der Waals surface area (Å²) in [7, 11) is 0. The van der Waals surface area contributed by atoms with Crippen molar-refractivity contribution in [1.82, 2.24) is 10.6 Å². The maximum atomic E-state index is 9.56. The van der Waals surface area contributed by atoms with Gasteiger partial charge in [0, 0.05) is 11.1 Å². The fraction of sp³-hybridized carbons (Fsp3) is 0.312. The first-order chi connectivity index (χ1) is 9.86. The Morgan fingerprint density at radius 1 is 1.10 bits per heavy atom. The molecule has 0 spiro atoms. The van der Waals surface area contributed by atoms with Crippen molar-refractivity contribution >= 4 is 17.3 Å². The van der Waals surface area contributed by atoms with Gasteiger partial charge in [0.2, 0.25) is 0 Å². The van der Waals surface area contributed by atoms with Crippen molar-refractivity contribution in [2.45, 2.75) is 26.8 Å². The molecule has 21 heavy (non-hydrogen) atoms. The number of hydrogen-bond acceptors (Lipinski definition) is 3. The molecule has 0 aromatic heterocycles. The van der Waals surface area contributed by atoms with Crippen LogP contribution in [0, 0.1) is 28.1 Å². The van der Waals surface area contributed by atoms with Crippen LogP contribution in [0.5, 0.6) is 0 Å². The van der Waals surface area contributed by atoms with E-state index in [0.717, 1.165) is 11.3 Å². The standard InChI is InChI=1S/C16H16N4S/c1-16(2,3)14-12(9-18)13(19-15(21)20-14)11-6-4-10(8-17)5-7-11/h4-7,13H,1-3H3,(H2,19,20,21)/t13-/m1/s1. The predicted octanol–water partition coefficient (Wildman–Crippen LogP) is 2.90. The molecule has 0 aliphatic carbocycles. The molecule has 106 valence electrons. The highest BCUT2D eigenvalue weighted by Crippen LogP contribution is 2.34. The zero-order valence-corrected chi connectivity index (χ0v) is 13.0. The van der Waals surface area contributed by atoms with Crippen molar-refractivity contribution in [3.8, 4) is 12.1 Å². The van der Waals surface area contributed by atoms with Crippen molar-refractivity contribution < 1.29 is 0 Å². The largest absolute Gasteiger partial charge is 0.351 e. The van der Waals surface area contributed by atoms with Gasteiger partial charge in [-0.25, -0.2) is 0 Å². The Labute approximate surface area is 130 Å². The van der Waals surface area contributed by atoms with Crippen molar-refractivity contribution in [1.29, 1.82) is 10.5 Å². The van der Waals surface area contributed by atoms with E-state index in [-0.39, 0.29) is 11.5 Å². The average Bonchev–Trinajstić information content (AvgIpc) is 2.45. The molecule has 1 heterocycles. The molecule has 0 fully saturated rings. The monoisotopic (exact) mass is 296 g/mol. The van der Waals surface area contributed by atoms with Gasteiger partial charge in [-0.2, -0.15) is 10.5 Å². The van der Waals surface area contributed by atoms with Crippen LogP contribution in [-0.2, 0) is 0 Å². The molecule has 0 amide bonds. The van der Waals surface area contributed by atoms with Gasteiger partial charge in [0.05, 0.1) is 29.3 Å². The summed E-state index contributed by atoms with van der Waals surface area (Å²) in [6.07, 6.45) is 0. The summed E-state index contributed by atoms with van der Waals surface area (Å²) in [5.74, 6) is 0. The lowest BCUT2D eigenvalue weighted by atomic mass is 9.84. The lowest BCUT2D eigenvalue weighted by molar-refractivity contribution is 0.462. The zero-order valence-electron chi connectivity index (χ0n) is 12.2. The molecule has 1 atom stereocenters. The van der Waals surface area contributed by atoms with E-state index in [2.05, 4.69) is 22.8 Å². The summed E-state index contributed by atoms with van der Waals surface area (Å²) in [4.78, 5) is 0. The summed E-state index contributed by atoms with van der Waals surface area (Å²) in [5.41, 5.74) is 2.76. The van der Waals surface area contributed by atoms with Gasteiger partial charge in [0.25, 0.3) is 0 Å². The van der Waals surface area contributed by atoms with Gasteiger partial charge in [0.15, 0.2) is 5.11 Å². The molecule has 1 aromatic rings. The van der Waals surface area contributed by atoms with Gasteiger partial charge in [-0.1, -0.05) is 32.9 Å². The molecule has 0 radical (unpaired) electrons. The molecule has 0 bridgehead atoms. The summed E-state index contributed by atoms with van der Waals surface area (Å²) >= 11 is 5.26. The first-order valence-corrected chi connectivity index (χ1v) is 7.00. The molecule has 2 rings (SSSR count). The Balaban J connectivity index is 2.53. The predicted molar refractivity (Wildman–Crippen MR) is 84.9 cm³/mol. The summed E-state index contributed by atoms with van der Waals surface area (Å²) in [5, 5.41) is 25.2. The van der Waals surface area contributed by atoms with E-state index < -0.39 is 0 Å². The van der Waals surface area contributed by atoms with Gasteiger partial charge < -0.3 is 10.6 Å². The van der Waals surface area contributed by atoms with E-state index in [1.807, 2.05) is 32.9 Å². The summed E-state index contributed by atoms with van der Waals surface area (Å²) in [6, 6.07) is 11.3. The lowest BCUT2D eigenvalue weighted by Gasteiger charge is -2.34. The van der Waals surface area contributed by atoms with Crippen LogP contribution in [0.2, 0.25) is 0 Å². The summed E-state index contributed by atoms with van der Waals surface area (Å²) < 4.78 is 0. The molecule has 1 aromatic carbocycles. The van der Waals surface area contributed by atoms with Gasteiger partial charge in [-0.15, -0.1) is 0 Å². The minimum absolute atomic E-state index is 0.206. The first kappa shape index (κ1) is 15.0. The fourth-order valence-corrected chi connectivity index (χ4v) is 2.50. The Morgan fingerprint density at radius 2 is 1.71 bits per heavy atom. The molecule has 2 N–H and O–H groups in total. The third kappa shape index (κ3) is 3.04. The van der Waals surface area contributed by atoms with E-state index in [1.165, 1.54) is 0 Å². The summed E-state index contributed by atoms with van der Waals surface area (Å²) in [6.45, 7) is 6.11. The second kappa shape index (κ2) is 5.55. The topological polar surface area (TPSA) is 71.6 Å². The first-order valence-electron chi connectivity index (χ1n) is 6.59. The van der Waals surface area contributed by atoms with Crippen molar-refractivity contribution in [3.63, 3.8) is 0 Å². The quantitative estimate of drug-likeness (QED) is 0.780. The molecular weight excluding hydrogens is 280 g/mol. The van der Waals surface area contributed by atoms with E-state index >= 15 is 0 Å². The Morgan fingerprint density at radius 3 is 2.19 bits per heavy atom. The number of allylic oxidation sites excluding steroid dienone is 1. The van der Waals surface area contributed by atoms with Crippen molar-refractivity contribution in [3.05, 3.63) is 46.7 Å². The Kier molecular flexibility index (Phi) is 3.97. The lowest BCUT2D eigenvalue weighted by Crippen LogP contribution is -2.46. The molecule has 0 saturated heterocycles. The molecule has 5 heteroatoms. The van der Waals surface area contributed by atoms with Crippen LogP contribution in [0.25, 0.3) is 0 Å². The van der Waals surface area contributed by atoms with E-state index in [9.17, 15) is 5.26 Å². The van der Waals surface area contributed by atoms with Crippen LogP contribution in [-0.4, -0.2) is 5.11 Å². The molecule has 4 nitrogen and oxygen atoms in total. The molecular formula is C16H16N4S. The number of hydrogen-bond donors (Lipinski definition) is 2. The van der Waals surface area contributed by atoms with Gasteiger partial charge in [0.1, 0.15) is 0 Å². The van der Waals surface area contributed by atoms with Crippen molar-refractivity contribution in [2.75, 3.05) is 0 Å². The van der Waals surface area contributed by atoms with E-state index in [0.29, 0.717) is 16.2 Å². The van der Waals surface area contributed by atoms with Crippen LogP contribution < -0.4 is 10.6 Å². The van der Waals surface area contributed by atoms with Crippen LogP contribution in [0.1, 0.15) is 37.9 Å². The van der Waals surface area contributed by atoms with Gasteiger partial charge in [-0.3, -0.25) is 0 Å². The normalized spacial score (nSPS) is 18.3. The zero-order chi connectivity index (χ0) is 15.6. The number of nitrogens with one attached hydrogen (secondary N) is 2. The molecule has 0 unspecified atom stereocenters. The van der Waals surface area contributed by atoms with Gasteiger partial charge in [-0.05, 0) is 29.9 Å². The smallest absolute Gasteiger partial charge is 0.171 e. The second-order valence-corrected chi connectivity index (χ2v) is 6.32. The van der Waals surface area contributed by atoms with E-state index in [4.69, 9.17) is 17.5 Å². The molecule has 0 saturated carbocycles. The highest BCUT2D eigenvalue weighted by atomic mass is 32.1. The highest BCUT2D eigenvalue weighted by molar-refractivity contribution is 7.80. The highest BCUT2D eigenvalue weighted by Gasteiger charge is 2.32. The minimum Gasteiger partial charge on any atom is -0.351 e.